The summed E-state index contributed by atoms with van der Waals surface area (Å²) in [6.45, 7) is 3.42. The number of nitrogens with zero attached hydrogens (tertiary/aromatic N) is 1. The number of benzene rings is 1. The van der Waals surface area contributed by atoms with Crippen LogP contribution in [-0.2, 0) is 9.59 Å². The van der Waals surface area contributed by atoms with E-state index < -0.39 is 0 Å². The zero-order valence-corrected chi connectivity index (χ0v) is 16.1. The molecule has 5 nitrogen and oxygen atoms in total. The molecule has 2 N–H and O–H groups in total. The number of aromatic nitrogens is 1. The Morgan fingerprint density at radius 1 is 1.19 bits per heavy atom. The molecule has 1 atom stereocenters. The molecule has 2 aromatic heterocycles. The SMILES string of the molecule is CC(=O)NC(CC(=O)Nc1cccc(-c2csc(C)n2)c1)c1cccs1. The summed E-state index contributed by atoms with van der Waals surface area (Å²) in [6, 6.07) is 11.1. The first-order valence-electron chi connectivity index (χ1n) is 8.14. The Labute approximate surface area is 160 Å². The van der Waals surface area contributed by atoms with E-state index in [1.165, 1.54) is 18.3 Å². The standard InChI is InChI=1S/C19H19N3O2S2/c1-12(23)20-16(18-7-4-8-25-18)10-19(24)22-15-6-3-5-14(9-15)17-11-26-13(2)21-17/h3-9,11,16H,10H2,1-2H3,(H,20,23)(H,22,24). The van der Waals surface area contributed by atoms with Crippen molar-refractivity contribution in [3.8, 4) is 11.3 Å². The molecular formula is C19H19N3O2S2. The summed E-state index contributed by atoms with van der Waals surface area (Å²) in [7, 11) is 0. The quantitative estimate of drug-likeness (QED) is 0.661. The van der Waals surface area contributed by atoms with Gasteiger partial charge in [-0.05, 0) is 30.5 Å². The topological polar surface area (TPSA) is 71.1 Å². The van der Waals surface area contributed by atoms with E-state index in [2.05, 4.69) is 15.6 Å². The van der Waals surface area contributed by atoms with Crippen LogP contribution in [0.15, 0.2) is 47.2 Å². The van der Waals surface area contributed by atoms with Crippen molar-refractivity contribution in [3.05, 3.63) is 57.0 Å². The second-order valence-corrected chi connectivity index (χ2v) is 7.89. The number of carbonyl (C=O) groups excluding carboxylic acids is 2. The van der Waals surface area contributed by atoms with Crippen molar-refractivity contribution in [2.24, 2.45) is 0 Å². The maximum Gasteiger partial charge on any atom is 0.226 e. The van der Waals surface area contributed by atoms with Crippen LogP contribution in [0, 0.1) is 6.92 Å². The van der Waals surface area contributed by atoms with E-state index >= 15 is 0 Å². The Balaban J connectivity index is 1.70. The molecule has 0 aliphatic rings. The van der Waals surface area contributed by atoms with Crippen LogP contribution in [0.4, 0.5) is 5.69 Å². The number of amides is 2. The number of rotatable bonds is 6. The van der Waals surface area contributed by atoms with E-state index in [0.717, 1.165) is 21.1 Å². The number of hydrogen-bond donors (Lipinski definition) is 2. The van der Waals surface area contributed by atoms with Crippen LogP contribution in [0.3, 0.4) is 0 Å². The fourth-order valence-electron chi connectivity index (χ4n) is 2.61. The average Bonchev–Trinajstić information content (AvgIpc) is 3.25. The van der Waals surface area contributed by atoms with Crippen LogP contribution < -0.4 is 10.6 Å². The van der Waals surface area contributed by atoms with Crippen LogP contribution in [0.1, 0.15) is 29.3 Å². The van der Waals surface area contributed by atoms with Crippen molar-refractivity contribution in [1.82, 2.24) is 10.3 Å². The van der Waals surface area contributed by atoms with E-state index in [-0.39, 0.29) is 24.3 Å². The molecule has 1 aromatic carbocycles. The van der Waals surface area contributed by atoms with Crippen LogP contribution >= 0.6 is 22.7 Å². The highest BCUT2D eigenvalue weighted by atomic mass is 32.1. The molecular weight excluding hydrogens is 366 g/mol. The van der Waals surface area contributed by atoms with Gasteiger partial charge in [0.15, 0.2) is 0 Å². The summed E-state index contributed by atoms with van der Waals surface area (Å²) in [5.74, 6) is -0.305. The van der Waals surface area contributed by atoms with Crippen LogP contribution in [0.5, 0.6) is 0 Å². The van der Waals surface area contributed by atoms with Gasteiger partial charge in [-0.1, -0.05) is 18.2 Å². The molecule has 0 radical (unpaired) electrons. The number of anilines is 1. The molecule has 134 valence electrons. The number of nitrogens with one attached hydrogen (secondary N) is 2. The molecule has 0 spiro atoms. The van der Waals surface area contributed by atoms with Gasteiger partial charge in [0, 0.05) is 28.4 Å². The lowest BCUT2D eigenvalue weighted by Crippen LogP contribution is -2.29. The molecule has 0 saturated heterocycles. The normalized spacial score (nSPS) is 11.8. The first-order chi connectivity index (χ1) is 12.5. The van der Waals surface area contributed by atoms with Crippen LogP contribution in [0.25, 0.3) is 11.3 Å². The van der Waals surface area contributed by atoms with Crippen molar-refractivity contribution < 1.29 is 9.59 Å². The second kappa shape index (κ2) is 8.25. The third-order valence-electron chi connectivity index (χ3n) is 3.71. The molecule has 0 saturated carbocycles. The highest BCUT2D eigenvalue weighted by Crippen LogP contribution is 2.25. The Morgan fingerprint density at radius 3 is 2.69 bits per heavy atom. The summed E-state index contributed by atoms with van der Waals surface area (Å²) in [6.07, 6.45) is 0.181. The van der Waals surface area contributed by atoms with Crippen molar-refractivity contribution in [1.29, 1.82) is 0 Å². The van der Waals surface area contributed by atoms with Crippen LogP contribution in [-0.4, -0.2) is 16.8 Å². The molecule has 0 bridgehead atoms. The maximum absolute atomic E-state index is 12.5. The van der Waals surface area contributed by atoms with Crippen molar-refractivity contribution in [2.45, 2.75) is 26.3 Å². The molecule has 3 aromatic rings. The molecule has 0 aliphatic carbocycles. The minimum absolute atomic E-state index is 0.149. The molecule has 2 heterocycles. The molecule has 26 heavy (non-hydrogen) atoms. The largest absolute Gasteiger partial charge is 0.348 e. The van der Waals surface area contributed by atoms with Gasteiger partial charge >= 0.3 is 0 Å². The number of carbonyl (C=O) groups is 2. The molecule has 0 aliphatic heterocycles. The zero-order valence-electron chi connectivity index (χ0n) is 14.5. The summed E-state index contributed by atoms with van der Waals surface area (Å²) < 4.78 is 0. The van der Waals surface area contributed by atoms with Crippen LogP contribution in [0.2, 0.25) is 0 Å². The number of thiophene rings is 1. The van der Waals surface area contributed by atoms with E-state index in [1.807, 2.05) is 54.1 Å². The van der Waals surface area contributed by atoms with Gasteiger partial charge in [0.2, 0.25) is 11.8 Å². The van der Waals surface area contributed by atoms with Gasteiger partial charge in [-0.15, -0.1) is 22.7 Å². The lowest BCUT2D eigenvalue weighted by molar-refractivity contribution is -0.120. The number of hydrogen-bond acceptors (Lipinski definition) is 5. The predicted octanol–water partition coefficient (Wildman–Crippen LogP) is 4.39. The fourth-order valence-corrected chi connectivity index (χ4v) is 4.01. The predicted molar refractivity (Wildman–Crippen MR) is 106 cm³/mol. The average molecular weight is 386 g/mol. The van der Waals surface area contributed by atoms with E-state index in [1.54, 1.807) is 11.3 Å². The van der Waals surface area contributed by atoms with Crippen molar-refractivity contribution >= 4 is 40.2 Å². The summed E-state index contributed by atoms with van der Waals surface area (Å²) in [5.41, 5.74) is 2.58. The Bertz CT molecular complexity index is 903. The van der Waals surface area contributed by atoms with Gasteiger partial charge in [0.05, 0.1) is 23.2 Å². The lowest BCUT2D eigenvalue weighted by atomic mass is 10.1. The number of thiazole rings is 1. The summed E-state index contributed by atoms with van der Waals surface area (Å²) in [5, 5.41) is 10.7. The first-order valence-corrected chi connectivity index (χ1v) is 9.90. The third kappa shape index (κ3) is 4.77. The Kier molecular flexibility index (Phi) is 5.80. The lowest BCUT2D eigenvalue weighted by Gasteiger charge is -2.16. The van der Waals surface area contributed by atoms with E-state index in [0.29, 0.717) is 5.69 Å². The molecule has 1 unspecified atom stereocenters. The smallest absolute Gasteiger partial charge is 0.226 e. The van der Waals surface area contributed by atoms with Gasteiger partial charge in [-0.3, -0.25) is 9.59 Å². The molecule has 0 fully saturated rings. The van der Waals surface area contributed by atoms with E-state index in [4.69, 9.17) is 0 Å². The van der Waals surface area contributed by atoms with Gasteiger partial charge in [-0.2, -0.15) is 0 Å². The van der Waals surface area contributed by atoms with Crippen molar-refractivity contribution in [2.75, 3.05) is 5.32 Å². The van der Waals surface area contributed by atoms with Gasteiger partial charge < -0.3 is 10.6 Å². The third-order valence-corrected chi connectivity index (χ3v) is 5.47. The molecule has 7 heteroatoms. The minimum atomic E-state index is -0.322. The highest BCUT2D eigenvalue weighted by Gasteiger charge is 2.18. The second-order valence-electron chi connectivity index (χ2n) is 5.85. The van der Waals surface area contributed by atoms with Gasteiger partial charge in [0.1, 0.15) is 0 Å². The van der Waals surface area contributed by atoms with Gasteiger partial charge in [-0.25, -0.2) is 4.98 Å². The molecule has 2 amide bonds. The first kappa shape index (κ1) is 18.3. The Hall–Kier alpha value is -2.51. The zero-order chi connectivity index (χ0) is 18.5. The minimum Gasteiger partial charge on any atom is -0.348 e. The number of aryl methyl sites for hydroxylation is 1. The van der Waals surface area contributed by atoms with E-state index in [9.17, 15) is 9.59 Å². The summed E-state index contributed by atoms with van der Waals surface area (Å²) in [4.78, 5) is 29.4. The fraction of sp³-hybridized carbons (Fsp3) is 0.211. The van der Waals surface area contributed by atoms with Crippen molar-refractivity contribution in [3.63, 3.8) is 0 Å². The molecule has 3 rings (SSSR count). The van der Waals surface area contributed by atoms with Gasteiger partial charge in [0.25, 0.3) is 0 Å². The highest BCUT2D eigenvalue weighted by molar-refractivity contribution is 7.10. The monoisotopic (exact) mass is 385 g/mol. The Morgan fingerprint density at radius 2 is 2.04 bits per heavy atom. The summed E-state index contributed by atoms with van der Waals surface area (Å²) >= 11 is 3.12. The maximum atomic E-state index is 12.5.